The maximum atomic E-state index is 11.6. The van der Waals surface area contributed by atoms with Crippen molar-refractivity contribution in [1.29, 1.82) is 5.26 Å². The summed E-state index contributed by atoms with van der Waals surface area (Å²) >= 11 is 0. The Labute approximate surface area is 79.3 Å². The number of rotatable bonds is 1. The van der Waals surface area contributed by atoms with Gasteiger partial charge in [0.2, 0.25) is 5.91 Å². The number of nitrogens with zero attached hydrogens (tertiary/aromatic N) is 2. The molecule has 1 fully saturated rings. The Kier molecular flexibility index (Phi) is 3.30. The molecule has 72 valence electrons. The average molecular weight is 180 g/mol. The summed E-state index contributed by atoms with van der Waals surface area (Å²) in [7, 11) is 0. The van der Waals surface area contributed by atoms with Crippen LogP contribution in [0.2, 0.25) is 0 Å². The molecule has 0 aliphatic carbocycles. The Morgan fingerprint density at radius 1 is 1.62 bits per heavy atom. The average Bonchev–Trinajstić information content (AvgIpc) is 2.16. The van der Waals surface area contributed by atoms with Crippen LogP contribution in [0.5, 0.6) is 0 Å². The first kappa shape index (κ1) is 10.0. The number of nitriles is 1. The molecule has 3 nitrogen and oxygen atoms in total. The zero-order valence-corrected chi connectivity index (χ0v) is 8.29. The van der Waals surface area contributed by atoms with Crippen LogP contribution in [0.25, 0.3) is 0 Å². The summed E-state index contributed by atoms with van der Waals surface area (Å²) in [5, 5.41) is 8.62. The Morgan fingerprint density at radius 3 is 2.85 bits per heavy atom. The predicted octanol–water partition coefficient (Wildman–Crippen LogP) is 1.55. The van der Waals surface area contributed by atoms with E-state index in [-0.39, 0.29) is 5.91 Å². The minimum absolute atomic E-state index is 0.00491. The van der Waals surface area contributed by atoms with Crippen molar-refractivity contribution in [3.63, 3.8) is 0 Å². The summed E-state index contributed by atoms with van der Waals surface area (Å²) < 4.78 is 0. The highest BCUT2D eigenvalue weighted by Gasteiger charge is 2.26. The normalized spacial score (nSPS) is 25.0. The molecule has 1 heterocycles. The SMILES string of the molecule is CC(C#N)C(=O)N1CCCCC1C. The van der Waals surface area contributed by atoms with Gasteiger partial charge < -0.3 is 4.90 Å². The molecular weight excluding hydrogens is 164 g/mol. The third-order valence-corrected chi connectivity index (χ3v) is 2.65. The summed E-state index contributed by atoms with van der Waals surface area (Å²) in [5.41, 5.74) is 0. The standard InChI is InChI=1S/C10H16N2O/c1-8(7-11)10(13)12-6-4-3-5-9(12)2/h8-9H,3-6H2,1-2H3. The molecule has 13 heavy (non-hydrogen) atoms. The minimum atomic E-state index is -0.486. The highest BCUT2D eigenvalue weighted by molar-refractivity contribution is 5.81. The Morgan fingerprint density at radius 2 is 2.31 bits per heavy atom. The van der Waals surface area contributed by atoms with Gasteiger partial charge in [-0.2, -0.15) is 5.26 Å². The molecule has 0 saturated carbocycles. The van der Waals surface area contributed by atoms with E-state index in [0.29, 0.717) is 6.04 Å². The molecule has 0 bridgehead atoms. The number of likely N-dealkylation sites (tertiary alicyclic amines) is 1. The molecule has 3 heteroatoms. The van der Waals surface area contributed by atoms with Gasteiger partial charge in [-0.05, 0) is 33.1 Å². The van der Waals surface area contributed by atoms with Crippen molar-refractivity contribution in [1.82, 2.24) is 4.90 Å². The van der Waals surface area contributed by atoms with Crippen LogP contribution < -0.4 is 0 Å². The molecule has 2 atom stereocenters. The van der Waals surface area contributed by atoms with E-state index in [1.54, 1.807) is 6.92 Å². The van der Waals surface area contributed by atoms with Gasteiger partial charge in [0.15, 0.2) is 0 Å². The summed E-state index contributed by atoms with van der Waals surface area (Å²) in [4.78, 5) is 13.5. The summed E-state index contributed by atoms with van der Waals surface area (Å²) in [6.07, 6.45) is 3.35. The van der Waals surface area contributed by atoms with Crippen LogP contribution in [0.15, 0.2) is 0 Å². The fourth-order valence-electron chi connectivity index (χ4n) is 1.73. The largest absolute Gasteiger partial charge is 0.339 e. The van der Waals surface area contributed by atoms with E-state index >= 15 is 0 Å². The van der Waals surface area contributed by atoms with Crippen molar-refractivity contribution in [2.24, 2.45) is 5.92 Å². The topological polar surface area (TPSA) is 44.1 Å². The van der Waals surface area contributed by atoms with Gasteiger partial charge in [0.25, 0.3) is 0 Å². The van der Waals surface area contributed by atoms with E-state index in [2.05, 4.69) is 6.92 Å². The number of hydrogen-bond acceptors (Lipinski definition) is 2. The molecule has 1 saturated heterocycles. The maximum absolute atomic E-state index is 11.6. The number of piperidine rings is 1. The molecule has 1 aliphatic rings. The van der Waals surface area contributed by atoms with Crippen LogP contribution in [0.1, 0.15) is 33.1 Å². The number of carbonyl (C=O) groups is 1. The van der Waals surface area contributed by atoms with E-state index in [1.165, 1.54) is 6.42 Å². The van der Waals surface area contributed by atoms with Crippen molar-refractivity contribution in [2.45, 2.75) is 39.2 Å². The lowest BCUT2D eigenvalue weighted by Crippen LogP contribution is -2.44. The molecule has 0 aromatic carbocycles. The Bertz CT molecular complexity index is 232. The van der Waals surface area contributed by atoms with E-state index in [0.717, 1.165) is 19.4 Å². The van der Waals surface area contributed by atoms with Crippen LogP contribution in [0.4, 0.5) is 0 Å². The van der Waals surface area contributed by atoms with Crippen LogP contribution in [-0.4, -0.2) is 23.4 Å². The zero-order chi connectivity index (χ0) is 9.84. The van der Waals surface area contributed by atoms with E-state index in [1.807, 2.05) is 11.0 Å². The van der Waals surface area contributed by atoms with E-state index in [4.69, 9.17) is 5.26 Å². The molecule has 0 N–H and O–H groups in total. The lowest BCUT2D eigenvalue weighted by atomic mass is 10.0. The molecule has 0 spiro atoms. The molecule has 1 aliphatic heterocycles. The fraction of sp³-hybridized carbons (Fsp3) is 0.800. The number of carbonyl (C=O) groups excluding carboxylic acids is 1. The summed E-state index contributed by atoms with van der Waals surface area (Å²) in [5.74, 6) is -0.491. The first-order valence-corrected chi connectivity index (χ1v) is 4.87. The summed E-state index contributed by atoms with van der Waals surface area (Å²) in [6, 6.07) is 2.31. The monoisotopic (exact) mass is 180 g/mol. The third-order valence-electron chi connectivity index (χ3n) is 2.65. The van der Waals surface area contributed by atoms with Gasteiger partial charge >= 0.3 is 0 Å². The summed E-state index contributed by atoms with van der Waals surface area (Å²) in [6.45, 7) is 4.55. The van der Waals surface area contributed by atoms with E-state index in [9.17, 15) is 4.79 Å². The van der Waals surface area contributed by atoms with Crippen molar-refractivity contribution < 1.29 is 4.79 Å². The van der Waals surface area contributed by atoms with Crippen LogP contribution in [-0.2, 0) is 4.79 Å². The number of amides is 1. The molecule has 0 aromatic heterocycles. The molecular formula is C10H16N2O. The predicted molar refractivity (Wildman–Crippen MR) is 49.8 cm³/mol. The van der Waals surface area contributed by atoms with Crippen molar-refractivity contribution in [3.8, 4) is 6.07 Å². The van der Waals surface area contributed by atoms with E-state index < -0.39 is 5.92 Å². The number of hydrogen-bond donors (Lipinski definition) is 0. The van der Waals surface area contributed by atoms with Crippen molar-refractivity contribution in [2.75, 3.05) is 6.54 Å². The molecule has 1 rings (SSSR count). The van der Waals surface area contributed by atoms with Crippen LogP contribution in [0.3, 0.4) is 0 Å². The molecule has 0 radical (unpaired) electrons. The molecule has 2 unspecified atom stereocenters. The van der Waals surface area contributed by atoms with Gasteiger partial charge in [0, 0.05) is 12.6 Å². The second-order valence-electron chi connectivity index (χ2n) is 3.73. The molecule has 1 amide bonds. The first-order valence-electron chi connectivity index (χ1n) is 4.87. The van der Waals surface area contributed by atoms with Gasteiger partial charge in [-0.25, -0.2) is 0 Å². The smallest absolute Gasteiger partial charge is 0.239 e. The van der Waals surface area contributed by atoms with Crippen molar-refractivity contribution >= 4 is 5.91 Å². The first-order chi connectivity index (χ1) is 6.16. The Hall–Kier alpha value is -1.04. The fourth-order valence-corrected chi connectivity index (χ4v) is 1.73. The van der Waals surface area contributed by atoms with Gasteiger partial charge in [-0.15, -0.1) is 0 Å². The quantitative estimate of drug-likeness (QED) is 0.614. The van der Waals surface area contributed by atoms with Gasteiger partial charge in [0.05, 0.1) is 6.07 Å². The highest BCUT2D eigenvalue weighted by Crippen LogP contribution is 2.18. The molecule has 0 aromatic rings. The minimum Gasteiger partial charge on any atom is -0.339 e. The van der Waals surface area contributed by atoms with Gasteiger partial charge in [0.1, 0.15) is 5.92 Å². The van der Waals surface area contributed by atoms with Crippen molar-refractivity contribution in [3.05, 3.63) is 0 Å². The second-order valence-corrected chi connectivity index (χ2v) is 3.73. The Balaban J connectivity index is 2.59. The van der Waals surface area contributed by atoms with Crippen LogP contribution in [0, 0.1) is 17.2 Å². The lowest BCUT2D eigenvalue weighted by molar-refractivity contribution is -0.136. The highest BCUT2D eigenvalue weighted by atomic mass is 16.2. The third kappa shape index (κ3) is 2.21. The van der Waals surface area contributed by atoms with Gasteiger partial charge in [-0.1, -0.05) is 0 Å². The lowest BCUT2D eigenvalue weighted by Gasteiger charge is -2.34. The zero-order valence-electron chi connectivity index (χ0n) is 8.29. The van der Waals surface area contributed by atoms with Gasteiger partial charge in [-0.3, -0.25) is 4.79 Å². The second kappa shape index (κ2) is 4.27. The van der Waals surface area contributed by atoms with Crippen LogP contribution >= 0.6 is 0 Å². The maximum Gasteiger partial charge on any atom is 0.239 e.